The van der Waals surface area contributed by atoms with E-state index in [-0.39, 0.29) is 0 Å². The molecule has 1 atom stereocenters. The Hall–Kier alpha value is -1.36. The van der Waals surface area contributed by atoms with Crippen molar-refractivity contribution >= 4 is 5.82 Å². The molecular weight excluding hydrogens is 266 g/mol. The van der Waals surface area contributed by atoms with E-state index >= 15 is 0 Å². The molecule has 1 aromatic heterocycles. The zero-order chi connectivity index (χ0) is 15.0. The zero-order valence-corrected chi connectivity index (χ0v) is 13.4. The van der Waals surface area contributed by atoms with E-state index in [2.05, 4.69) is 32.6 Å². The largest absolute Gasteiger partial charge is 0.486 e. The molecule has 0 aromatic carbocycles. The van der Waals surface area contributed by atoms with Gasteiger partial charge in [-0.1, -0.05) is 27.7 Å². The highest BCUT2D eigenvalue weighted by atomic mass is 16.5. The van der Waals surface area contributed by atoms with E-state index in [4.69, 9.17) is 19.4 Å². The molecule has 116 valence electrons. The predicted octanol–water partition coefficient (Wildman–Crippen LogP) is 2.71. The molecule has 1 saturated heterocycles. The van der Waals surface area contributed by atoms with Gasteiger partial charge in [0.2, 0.25) is 0 Å². The topological polar surface area (TPSA) is 47.5 Å². The van der Waals surface area contributed by atoms with Crippen molar-refractivity contribution in [1.82, 2.24) is 9.97 Å². The third kappa shape index (κ3) is 2.71. The molecule has 1 unspecified atom stereocenters. The summed E-state index contributed by atoms with van der Waals surface area (Å²) in [5, 5.41) is 0. The lowest BCUT2D eigenvalue weighted by Gasteiger charge is -2.37. The first-order valence-electron chi connectivity index (χ1n) is 7.97. The smallest absolute Gasteiger partial charge is 0.183 e. The predicted molar refractivity (Wildman–Crippen MR) is 82.3 cm³/mol. The standard InChI is InChI=1S/C16H25N3O2/c1-10(2)13-14-16(18-15(17-13)11(3)4)19-6-8-20-7-5-12(19)9-21-14/h10-12H,5-9H2,1-4H3. The Morgan fingerprint density at radius 3 is 2.62 bits per heavy atom. The van der Waals surface area contributed by atoms with Gasteiger partial charge in [-0.15, -0.1) is 0 Å². The SMILES string of the molecule is CC(C)c1nc(C(C)C)c2c(n1)N1CCOCCC1CO2. The number of hydrogen-bond acceptors (Lipinski definition) is 5. The Labute approximate surface area is 126 Å². The van der Waals surface area contributed by atoms with Crippen LogP contribution in [-0.2, 0) is 4.74 Å². The minimum Gasteiger partial charge on any atom is -0.486 e. The van der Waals surface area contributed by atoms with Gasteiger partial charge in [-0.2, -0.15) is 0 Å². The van der Waals surface area contributed by atoms with Gasteiger partial charge in [0.25, 0.3) is 0 Å². The fourth-order valence-corrected chi connectivity index (χ4v) is 2.91. The molecule has 2 aliphatic rings. The maximum Gasteiger partial charge on any atom is 0.183 e. The summed E-state index contributed by atoms with van der Waals surface area (Å²) in [6.45, 7) is 11.7. The number of nitrogens with zero attached hydrogens (tertiary/aromatic N) is 3. The van der Waals surface area contributed by atoms with E-state index in [0.717, 1.165) is 49.3 Å². The highest BCUT2D eigenvalue weighted by Gasteiger charge is 2.33. The van der Waals surface area contributed by atoms with Crippen LogP contribution in [-0.4, -0.2) is 42.4 Å². The molecule has 0 N–H and O–H groups in total. The quantitative estimate of drug-likeness (QED) is 0.838. The molecule has 3 heterocycles. The fourth-order valence-electron chi connectivity index (χ4n) is 2.91. The molecule has 1 aromatic rings. The lowest BCUT2D eigenvalue weighted by molar-refractivity contribution is 0.147. The fraction of sp³-hybridized carbons (Fsp3) is 0.750. The molecule has 0 spiro atoms. The van der Waals surface area contributed by atoms with Crippen LogP contribution >= 0.6 is 0 Å². The van der Waals surface area contributed by atoms with Gasteiger partial charge in [-0.25, -0.2) is 9.97 Å². The summed E-state index contributed by atoms with van der Waals surface area (Å²) in [6.07, 6.45) is 0.997. The van der Waals surface area contributed by atoms with Crippen molar-refractivity contribution in [2.45, 2.75) is 52.0 Å². The van der Waals surface area contributed by atoms with Gasteiger partial charge in [0.15, 0.2) is 11.6 Å². The van der Waals surface area contributed by atoms with Gasteiger partial charge in [-0.3, -0.25) is 0 Å². The Morgan fingerprint density at radius 2 is 1.90 bits per heavy atom. The molecule has 2 aliphatic heterocycles. The summed E-state index contributed by atoms with van der Waals surface area (Å²) in [6, 6.07) is 0.370. The first kappa shape index (κ1) is 14.6. The van der Waals surface area contributed by atoms with E-state index in [1.807, 2.05) is 0 Å². The van der Waals surface area contributed by atoms with Crippen LogP contribution in [0.4, 0.5) is 5.82 Å². The molecule has 3 rings (SSSR count). The van der Waals surface area contributed by atoms with Crippen LogP contribution in [0.1, 0.15) is 57.5 Å². The van der Waals surface area contributed by atoms with Crippen LogP contribution in [0.5, 0.6) is 5.75 Å². The van der Waals surface area contributed by atoms with Crippen LogP contribution in [0.15, 0.2) is 0 Å². The Morgan fingerprint density at radius 1 is 1.10 bits per heavy atom. The molecule has 0 radical (unpaired) electrons. The maximum atomic E-state index is 6.05. The highest BCUT2D eigenvalue weighted by Crippen LogP contribution is 2.39. The summed E-state index contributed by atoms with van der Waals surface area (Å²) in [4.78, 5) is 11.9. The Bertz CT molecular complexity index is 516. The monoisotopic (exact) mass is 291 g/mol. The Kier molecular flexibility index (Phi) is 4.02. The van der Waals surface area contributed by atoms with Crippen LogP contribution < -0.4 is 9.64 Å². The van der Waals surface area contributed by atoms with Crippen molar-refractivity contribution in [2.24, 2.45) is 0 Å². The van der Waals surface area contributed by atoms with Gasteiger partial charge in [0.1, 0.15) is 12.4 Å². The number of ether oxygens (including phenoxy) is 2. The van der Waals surface area contributed by atoms with Crippen molar-refractivity contribution in [2.75, 3.05) is 31.3 Å². The summed E-state index contributed by atoms with van der Waals surface area (Å²) >= 11 is 0. The zero-order valence-electron chi connectivity index (χ0n) is 13.4. The van der Waals surface area contributed by atoms with E-state index in [1.54, 1.807) is 0 Å². The second kappa shape index (κ2) is 5.79. The lowest BCUT2D eigenvalue weighted by atomic mass is 10.1. The third-order valence-electron chi connectivity index (χ3n) is 4.16. The van der Waals surface area contributed by atoms with E-state index in [9.17, 15) is 0 Å². The van der Waals surface area contributed by atoms with Crippen molar-refractivity contribution in [3.05, 3.63) is 11.5 Å². The number of anilines is 1. The number of fused-ring (bicyclic) bond motifs is 3. The van der Waals surface area contributed by atoms with E-state index in [0.29, 0.717) is 24.5 Å². The third-order valence-corrected chi connectivity index (χ3v) is 4.16. The molecule has 0 saturated carbocycles. The summed E-state index contributed by atoms with van der Waals surface area (Å²) in [7, 11) is 0. The minimum atomic E-state index is 0.316. The number of hydrogen-bond donors (Lipinski definition) is 0. The maximum absolute atomic E-state index is 6.05. The normalized spacial score (nSPS) is 21.8. The molecular formula is C16H25N3O2. The molecule has 5 heteroatoms. The van der Waals surface area contributed by atoms with Crippen molar-refractivity contribution < 1.29 is 9.47 Å². The summed E-state index contributed by atoms with van der Waals surface area (Å²) in [5.41, 5.74) is 1.03. The van der Waals surface area contributed by atoms with Crippen molar-refractivity contribution in [3.63, 3.8) is 0 Å². The van der Waals surface area contributed by atoms with Crippen LogP contribution in [0.25, 0.3) is 0 Å². The summed E-state index contributed by atoms with van der Waals surface area (Å²) < 4.78 is 11.7. The first-order chi connectivity index (χ1) is 10.1. The number of rotatable bonds is 2. The van der Waals surface area contributed by atoms with E-state index < -0.39 is 0 Å². The van der Waals surface area contributed by atoms with Crippen LogP contribution in [0.3, 0.4) is 0 Å². The first-order valence-corrected chi connectivity index (χ1v) is 7.97. The van der Waals surface area contributed by atoms with Crippen molar-refractivity contribution in [1.29, 1.82) is 0 Å². The number of aromatic nitrogens is 2. The molecule has 0 aliphatic carbocycles. The second-order valence-electron chi connectivity index (χ2n) is 6.49. The molecule has 1 fully saturated rings. The van der Waals surface area contributed by atoms with Crippen molar-refractivity contribution in [3.8, 4) is 5.75 Å². The average molecular weight is 291 g/mol. The van der Waals surface area contributed by atoms with Gasteiger partial charge < -0.3 is 14.4 Å². The second-order valence-corrected chi connectivity index (χ2v) is 6.49. The van der Waals surface area contributed by atoms with Gasteiger partial charge >= 0.3 is 0 Å². The lowest BCUT2D eigenvalue weighted by Crippen LogP contribution is -2.44. The molecule has 0 bridgehead atoms. The van der Waals surface area contributed by atoms with Crippen LogP contribution in [0, 0.1) is 0 Å². The molecule has 0 amide bonds. The van der Waals surface area contributed by atoms with Crippen LogP contribution in [0.2, 0.25) is 0 Å². The van der Waals surface area contributed by atoms with Gasteiger partial charge in [-0.05, 0) is 12.3 Å². The Balaban J connectivity index is 2.09. The molecule has 5 nitrogen and oxygen atoms in total. The van der Waals surface area contributed by atoms with Gasteiger partial charge in [0, 0.05) is 19.1 Å². The van der Waals surface area contributed by atoms with Gasteiger partial charge in [0.05, 0.1) is 18.3 Å². The minimum absolute atomic E-state index is 0.316. The molecule has 21 heavy (non-hydrogen) atoms. The van der Waals surface area contributed by atoms with E-state index in [1.165, 1.54) is 0 Å². The highest BCUT2D eigenvalue weighted by molar-refractivity contribution is 5.58. The summed E-state index contributed by atoms with van der Waals surface area (Å²) in [5.74, 6) is 3.41. The average Bonchev–Trinajstić information content (AvgIpc) is 2.70.